The number of unbranched alkanes of at least 4 members (excludes halogenated alkanes) is 1. The summed E-state index contributed by atoms with van der Waals surface area (Å²) in [5.74, 6) is 0.433. The maximum atomic E-state index is 10.0. The zero-order valence-corrected chi connectivity index (χ0v) is 12.5. The molecule has 0 aliphatic rings. The van der Waals surface area contributed by atoms with Gasteiger partial charge >= 0.3 is 0 Å². The van der Waals surface area contributed by atoms with Crippen molar-refractivity contribution >= 4 is 15.9 Å². The highest BCUT2D eigenvalue weighted by molar-refractivity contribution is 9.10. The average molecular weight is 300 g/mol. The summed E-state index contributed by atoms with van der Waals surface area (Å²) in [6, 6.07) is 3.96. The highest BCUT2D eigenvalue weighted by Crippen LogP contribution is 2.27. The maximum Gasteiger partial charge on any atom is 0.123 e. The molecule has 0 saturated carbocycles. The second-order valence-corrected chi connectivity index (χ2v) is 5.37. The van der Waals surface area contributed by atoms with Gasteiger partial charge in [-0.1, -0.05) is 36.2 Å². The number of halogens is 1. The van der Waals surface area contributed by atoms with E-state index in [0.717, 1.165) is 35.2 Å². The first-order valence-corrected chi connectivity index (χ1v) is 7.08. The Bertz CT molecular complexity index is 365. The van der Waals surface area contributed by atoms with Crippen molar-refractivity contribution in [3.63, 3.8) is 0 Å². The van der Waals surface area contributed by atoms with Crippen molar-refractivity contribution in [1.29, 1.82) is 0 Å². The van der Waals surface area contributed by atoms with E-state index < -0.39 is 0 Å². The van der Waals surface area contributed by atoms with E-state index in [0.29, 0.717) is 5.75 Å². The van der Waals surface area contributed by atoms with Crippen molar-refractivity contribution in [3.05, 3.63) is 27.7 Å². The average Bonchev–Trinajstić information content (AvgIpc) is 2.30. The number of benzene rings is 1. The Morgan fingerprint density at radius 3 is 2.59 bits per heavy atom. The van der Waals surface area contributed by atoms with E-state index in [4.69, 9.17) is 0 Å². The van der Waals surface area contributed by atoms with Crippen LogP contribution in [-0.4, -0.2) is 23.1 Å². The van der Waals surface area contributed by atoms with E-state index in [-0.39, 0.29) is 0 Å². The second-order valence-electron chi connectivity index (χ2n) is 4.45. The Hall–Kier alpha value is -0.540. The van der Waals surface area contributed by atoms with Crippen LogP contribution in [0.2, 0.25) is 0 Å². The topological polar surface area (TPSA) is 23.5 Å². The van der Waals surface area contributed by atoms with Gasteiger partial charge in [0.2, 0.25) is 0 Å². The smallest absolute Gasteiger partial charge is 0.123 e. The van der Waals surface area contributed by atoms with Crippen molar-refractivity contribution in [2.45, 2.75) is 40.2 Å². The van der Waals surface area contributed by atoms with Crippen molar-refractivity contribution in [3.8, 4) is 5.75 Å². The number of rotatable bonds is 6. The summed E-state index contributed by atoms with van der Waals surface area (Å²) in [4.78, 5) is 2.37. The van der Waals surface area contributed by atoms with Crippen LogP contribution in [0.4, 0.5) is 0 Å². The van der Waals surface area contributed by atoms with E-state index >= 15 is 0 Å². The predicted molar refractivity (Wildman–Crippen MR) is 76.4 cm³/mol. The lowest BCUT2D eigenvalue weighted by molar-refractivity contribution is 0.271. The third-order valence-corrected chi connectivity index (χ3v) is 3.47. The van der Waals surface area contributed by atoms with E-state index in [9.17, 15) is 5.11 Å². The maximum absolute atomic E-state index is 10.0. The Labute approximate surface area is 113 Å². The third-order valence-electron chi connectivity index (χ3n) is 3.01. The second kappa shape index (κ2) is 7.02. The molecule has 3 heteroatoms. The molecule has 0 aliphatic heterocycles. The lowest BCUT2D eigenvalue weighted by Gasteiger charge is -2.21. The van der Waals surface area contributed by atoms with E-state index in [1.54, 1.807) is 0 Å². The fourth-order valence-corrected chi connectivity index (χ4v) is 2.52. The van der Waals surface area contributed by atoms with Crippen molar-refractivity contribution in [2.24, 2.45) is 0 Å². The Morgan fingerprint density at radius 1 is 1.29 bits per heavy atom. The summed E-state index contributed by atoms with van der Waals surface area (Å²) < 4.78 is 1.04. The molecule has 0 aliphatic carbocycles. The molecule has 1 rings (SSSR count). The molecule has 96 valence electrons. The SMILES string of the molecule is CCCCN(CC)Cc1cc(Br)cc(C)c1O. The van der Waals surface area contributed by atoms with Crippen LogP contribution in [0.1, 0.15) is 37.8 Å². The summed E-state index contributed by atoms with van der Waals surface area (Å²) >= 11 is 3.48. The number of aromatic hydroxyl groups is 1. The van der Waals surface area contributed by atoms with Crippen LogP contribution in [0, 0.1) is 6.92 Å². The molecule has 0 heterocycles. The first-order chi connectivity index (χ1) is 8.08. The standard InChI is InChI=1S/C14H22BrNO/c1-4-6-7-16(5-2)10-12-9-13(15)8-11(3)14(12)17/h8-9,17H,4-7,10H2,1-3H3. The van der Waals surface area contributed by atoms with Gasteiger partial charge in [0.1, 0.15) is 5.75 Å². The van der Waals surface area contributed by atoms with Gasteiger partial charge in [-0.25, -0.2) is 0 Å². The van der Waals surface area contributed by atoms with Gasteiger partial charge in [0.25, 0.3) is 0 Å². The summed E-state index contributed by atoms with van der Waals surface area (Å²) in [7, 11) is 0. The molecule has 1 N–H and O–H groups in total. The molecule has 17 heavy (non-hydrogen) atoms. The van der Waals surface area contributed by atoms with E-state index in [1.165, 1.54) is 12.8 Å². The van der Waals surface area contributed by atoms with Crippen LogP contribution < -0.4 is 0 Å². The third kappa shape index (κ3) is 4.32. The van der Waals surface area contributed by atoms with Crippen molar-refractivity contribution < 1.29 is 5.11 Å². The largest absolute Gasteiger partial charge is 0.507 e. The number of phenolic OH excluding ortho intramolecular Hbond substituents is 1. The van der Waals surface area contributed by atoms with Crippen LogP contribution in [-0.2, 0) is 6.54 Å². The Kier molecular flexibility index (Phi) is 6.00. The van der Waals surface area contributed by atoms with Crippen molar-refractivity contribution in [2.75, 3.05) is 13.1 Å². The molecule has 0 unspecified atom stereocenters. The molecule has 0 fully saturated rings. The summed E-state index contributed by atoms with van der Waals surface area (Å²) in [6.07, 6.45) is 2.42. The van der Waals surface area contributed by atoms with Gasteiger partial charge in [0.15, 0.2) is 0 Å². The first kappa shape index (κ1) is 14.5. The number of hydrogen-bond acceptors (Lipinski definition) is 2. The van der Waals surface area contributed by atoms with Gasteiger partial charge in [-0.2, -0.15) is 0 Å². The summed E-state index contributed by atoms with van der Waals surface area (Å²) in [5.41, 5.74) is 1.94. The lowest BCUT2D eigenvalue weighted by Crippen LogP contribution is -2.24. The fourth-order valence-electron chi connectivity index (χ4n) is 1.90. The molecule has 0 radical (unpaired) electrons. The normalized spacial score (nSPS) is 11.1. The summed E-state index contributed by atoms with van der Waals surface area (Å²) in [5, 5.41) is 10.0. The minimum atomic E-state index is 0.433. The van der Waals surface area contributed by atoms with E-state index in [1.807, 2.05) is 19.1 Å². The van der Waals surface area contributed by atoms with Gasteiger partial charge in [0.05, 0.1) is 0 Å². The quantitative estimate of drug-likeness (QED) is 0.855. The Morgan fingerprint density at radius 2 is 2.00 bits per heavy atom. The Balaban J connectivity index is 2.78. The monoisotopic (exact) mass is 299 g/mol. The lowest BCUT2D eigenvalue weighted by atomic mass is 10.1. The number of hydrogen-bond donors (Lipinski definition) is 1. The minimum Gasteiger partial charge on any atom is -0.507 e. The molecule has 0 spiro atoms. The molecular weight excluding hydrogens is 278 g/mol. The summed E-state index contributed by atoms with van der Waals surface area (Å²) in [6.45, 7) is 9.24. The van der Waals surface area contributed by atoms with Gasteiger partial charge in [0, 0.05) is 16.6 Å². The number of aryl methyl sites for hydroxylation is 1. The molecule has 1 aromatic rings. The molecule has 0 bridgehead atoms. The van der Waals surface area contributed by atoms with Gasteiger partial charge in [-0.3, -0.25) is 4.90 Å². The van der Waals surface area contributed by atoms with Gasteiger partial charge in [-0.15, -0.1) is 0 Å². The number of nitrogens with zero attached hydrogens (tertiary/aromatic N) is 1. The molecule has 2 nitrogen and oxygen atoms in total. The molecule has 0 aromatic heterocycles. The molecule has 0 atom stereocenters. The molecule has 1 aromatic carbocycles. The van der Waals surface area contributed by atoms with Gasteiger partial charge < -0.3 is 5.11 Å². The van der Waals surface area contributed by atoms with Crippen LogP contribution in [0.15, 0.2) is 16.6 Å². The van der Waals surface area contributed by atoms with E-state index in [2.05, 4.69) is 34.7 Å². The molecular formula is C14H22BrNO. The van der Waals surface area contributed by atoms with Crippen LogP contribution >= 0.6 is 15.9 Å². The van der Waals surface area contributed by atoms with Gasteiger partial charge in [-0.05, 0) is 44.1 Å². The molecule has 0 amide bonds. The molecule has 0 saturated heterocycles. The fraction of sp³-hybridized carbons (Fsp3) is 0.571. The number of phenols is 1. The highest BCUT2D eigenvalue weighted by Gasteiger charge is 2.10. The predicted octanol–water partition coefficient (Wildman–Crippen LogP) is 4.09. The van der Waals surface area contributed by atoms with Crippen LogP contribution in [0.25, 0.3) is 0 Å². The zero-order chi connectivity index (χ0) is 12.8. The minimum absolute atomic E-state index is 0.433. The zero-order valence-electron chi connectivity index (χ0n) is 11.0. The first-order valence-electron chi connectivity index (χ1n) is 6.28. The van der Waals surface area contributed by atoms with Crippen molar-refractivity contribution in [1.82, 2.24) is 4.90 Å². The highest BCUT2D eigenvalue weighted by atomic mass is 79.9. The van der Waals surface area contributed by atoms with Crippen LogP contribution in [0.5, 0.6) is 5.75 Å². The van der Waals surface area contributed by atoms with Crippen LogP contribution in [0.3, 0.4) is 0 Å².